The van der Waals surface area contributed by atoms with E-state index in [4.69, 9.17) is 5.11 Å². The van der Waals surface area contributed by atoms with Crippen LogP contribution in [0.15, 0.2) is 0 Å². The third-order valence-electron chi connectivity index (χ3n) is 2.54. The minimum absolute atomic E-state index is 0.400. The predicted octanol–water partition coefficient (Wildman–Crippen LogP) is 0.708. The molecule has 0 aromatic heterocycles. The standard InChI is InChI=1S/C7H13F2NO/c1-10-4-2-3-7(10,5-11)6(8)9/h6,11H,2-5H2,1H3. The molecule has 1 unspecified atom stereocenters. The molecule has 1 rings (SSSR count). The number of nitrogens with zero attached hydrogens (tertiary/aromatic N) is 1. The van der Waals surface area contributed by atoms with Gasteiger partial charge in [0, 0.05) is 0 Å². The molecular weight excluding hydrogens is 152 g/mol. The smallest absolute Gasteiger partial charge is 0.258 e. The molecule has 0 saturated carbocycles. The van der Waals surface area contributed by atoms with Crippen LogP contribution in [0.1, 0.15) is 12.8 Å². The number of aliphatic hydroxyl groups excluding tert-OH is 1. The molecule has 1 atom stereocenters. The summed E-state index contributed by atoms with van der Waals surface area (Å²) < 4.78 is 24.9. The number of rotatable bonds is 2. The lowest BCUT2D eigenvalue weighted by molar-refractivity contribution is -0.0522. The van der Waals surface area contributed by atoms with Gasteiger partial charge in [0.1, 0.15) is 5.54 Å². The van der Waals surface area contributed by atoms with Crippen LogP contribution in [0.5, 0.6) is 0 Å². The molecule has 1 saturated heterocycles. The number of alkyl halides is 2. The molecule has 4 heteroatoms. The van der Waals surface area contributed by atoms with Crippen LogP contribution in [-0.4, -0.2) is 42.2 Å². The first-order valence-corrected chi connectivity index (χ1v) is 3.74. The Hall–Kier alpha value is -0.220. The maximum absolute atomic E-state index is 12.4. The zero-order valence-corrected chi connectivity index (χ0v) is 6.56. The molecule has 11 heavy (non-hydrogen) atoms. The molecular formula is C7H13F2NO. The Morgan fingerprint density at radius 1 is 1.64 bits per heavy atom. The molecule has 1 N–H and O–H groups in total. The van der Waals surface area contributed by atoms with Crippen LogP contribution in [0, 0.1) is 0 Å². The summed E-state index contributed by atoms with van der Waals surface area (Å²) in [4.78, 5) is 1.55. The molecule has 1 aliphatic heterocycles. The summed E-state index contributed by atoms with van der Waals surface area (Å²) in [5.74, 6) is 0. The Bertz CT molecular complexity index is 142. The summed E-state index contributed by atoms with van der Waals surface area (Å²) in [7, 11) is 1.63. The molecule has 0 aliphatic carbocycles. The normalized spacial score (nSPS) is 33.5. The fourth-order valence-electron chi connectivity index (χ4n) is 1.58. The van der Waals surface area contributed by atoms with Gasteiger partial charge in [-0.2, -0.15) is 0 Å². The van der Waals surface area contributed by atoms with Gasteiger partial charge in [0.25, 0.3) is 6.43 Å². The van der Waals surface area contributed by atoms with Crippen LogP contribution in [0.4, 0.5) is 8.78 Å². The van der Waals surface area contributed by atoms with Crippen molar-refractivity contribution in [3.63, 3.8) is 0 Å². The average Bonchev–Trinajstić information content (AvgIpc) is 2.32. The van der Waals surface area contributed by atoms with Gasteiger partial charge in [0.15, 0.2) is 0 Å². The van der Waals surface area contributed by atoms with Crippen molar-refractivity contribution in [1.82, 2.24) is 4.90 Å². The Labute approximate surface area is 64.8 Å². The molecule has 66 valence electrons. The van der Waals surface area contributed by atoms with E-state index in [0.29, 0.717) is 13.0 Å². The molecule has 0 amide bonds. The zero-order chi connectivity index (χ0) is 8.48. The second-order valence-corrected chi connectivity index (χ2v) is 3.09. The first-order chi connectivity index (χ1) is 5.13. The van der Waals surface area contributed by atoms with Gasteiger partial charge in [-0.3, -0.25) is 4.90 Å². The summed E-state index contributed by atoms with van der Waals surface area (Å²) >= 11 is 0. The quantitative estimate of drug-likeness (QED) is 0.651. The van der Waals surface area contributed by atoms with Crippen molar-refractivity contribution in [3.8, 4) is 0 Å². The van der Waals surface area contributed by atoms with E-state index in [1.165, 1.54) is 0 Å². The largest absolute Gasteiger partial charge is 0.394 e. The third-order valence-corrected chi connectivity index (χ3v) is 2.54. The van der Waals surface area contributed by atoms with Gasteiger partial charge in [0.2, 0.25) is 0 Å². The lowest BCUT2D eigenvalue weighted by Gasteiger charge is -2.33. The minimum atomic E-state index is -2.44. The number of halogens is 2. The third kappa shape index (κ3) is 1.25. The number of likely N-dealkylation sites (N-methyl/N-ethyl adjacent to an activating group) is 1. The molecule has 0 aromatic rings. The van der Waals surface area contributed by atoms with Crippen molar-refractivity contribution in [1.29, 1.82) is 0 Å². The van der Waals surface area contributed by atoms with Crippen molar-refractivity contribution in [2.75, 3.05) is 20.2 Å². The van der Waals surface area contributed by atoms with E-state index >= 15 is 0 Å². The highest BCUT2D eigenvalue weighted by molar-refractivity contribution is 4.95. The summed E-state index contributed by atoms with van der Waals surface area (Å²) in [6, 6.07) is 0. The molecule has 1 heterocycles. The molecule has 1 fully saturated rings. The van der Waals surface area contributed by atoms with Gasteiger partial charge in [-0.1, -0.05) is 0 Å². The van der Waals surface area contributed by atoms with Gasteiger partial charge in [0.05, 0.1) is 6.61 Å². The van der Waals surface area contributed by atoms with E-state index in [2.05, 4.69) is 0 Å². The summed E-state index contributed by atoms with van der Waals surface area (Å²) in [6.07, 6.45) is -1.29. The predicted molar refractivity (Wildman–Crippen MR) is 37.7 cm³/mol. The lowest BCUT2D eigenvalue weighted by Crippen LogP contribution is -2.50. The molecule has 0 bridgehead atoms. The van der Waals surface area contributed by atoms with Gasteiger partial charge < -0.3 is 5.11 Å². The average molecular weight is 165 g/mol. The van der Waals surface area contributed by atoms with Crippen LogP contribution in [0.2, 0.25) is 0 Å². The first-order valence-electron chi connectivity index (χ1n) is 3.74. The minimum Gasteiger partial charge on any atom is -0.394 e. The Kier molecular flexibility index (Phi) is 2.44. The van der Waals surface area contributed by atoms with Crippen LogP contribution in [0.25, 0.3) is 0 Å². The van der Waals surface area contributed by atoms with E-state index in [1.807, 2.05) is 0 Å². The second-order valence-electron chi connectivity index (χ2n) is 3.09. The number of hydrogen-bond acceptors (Lipinski definition) is 2. The molecule has 2 nitrogen and oxygen atoms in total. The number of hydrogen-bond donors (Lipinski definition) is 1. The van der Waals surface area contributed by atoms with Crippen LogP contribution in [-0.2, 0) is 0 Å². The van der Waals surface area contributed by atoms with Gasteiger partial charge in [-0.25, -0.2) is 8.78 Å². The van der Waals surface area contributed by atoms with E-state index in [1.54, 1.807) is 11.9 Å². The van der Waals surface area contributed by atoms with Crippen LogP contribution < -0.4 is 0 Å². The van der Waals surface area contributed by atoms with E-state index in [9.17, 15) is 8.78 Å². The van der Waals surface area contributed by atoms with Crippen molar-refractivity contribution in [2.24, 2.45) is 0 Å². The Morgan fingerprint density at radius 3 is 2.45 bits per heavy atom. The monoisotopic (exact) mass is 165 g/mol. The highest BCUT2D eigenvalue weighted by Gasteiger charge is 2.46. The summed E-state index contributed by atoms with van der Waals surface area (Å²) in [5.41, 5.74) is -1.25. The highest BCUT2D eigenvalue weighted by atomic mass is 19.3. The Morgan fingerprint density at radius 2 is 2.27 bits per heavy atom. The molecule has 0 aromatic carbocycles. The van der Waals surface area contributed by atoms with Gasteiger partial charge in [-0.05, 0) is 26.4 Å². The van der Waals surface area contributed by atoms with E-state index in [-0.39, 0.29) is 0 Å². The fourth-order valence-corrected chi connectivity index (χ4v) is 1.58. The highest BCUT2D eigenvalue weighted by Crippen LogP contribution is 2.32. The van der Waals surface area contributed by atoms with Crippen molar-refractivity contribution >= 4 is 0 Å². The van der Waals surface area contributed by atoms with Crippen LogP contribution >= 0.6 is 0 Å². The van der Waals surface area contributed by atoms with Crippen LogP contribution in [0.3, 0.4) is 0 Å². The molecule has 1 aliphatic rings. The van der Waals surface area contributed by atoms with Crippen molar-refractivity contribution < 1.29 is 13.9 Å². The summed E-state index contributed by atoms with van der Waals surface area (Å²) in [6.45, 7) is 0.214. The maximum atomic E-state index is 12.4. The SMILES string of the molecule is CN1CCCC1(CO)C(F)F. The van der Waals surface area contributed by atoms with Crippen molar-refractivity contribution in [2.45, 2.75) is 24.8 Å². The first kappa shape index (κ1) is 8.87. The second kappa shape index (κ2) is 3.03. The molecule has 0 radical (unpaired) electrons. The lowest BCUT2D eigenvalue weighted by atomic mass is 9.98. The van der Waals surface area contributed by atoms with E-state index < -0.39 is 18.6 Å². The molecule has 0 spiro atoms. The Balaban J connectivity index is 2.73. The van der Waals surface area contributed by atoms with Crippen molar-refractivity contribution in [3.05, 3.63) is 0 Å². The maximum Gasteiger partial charge on any atom is 0.258 e. The fraction of sp³-hybridized carbons (Fsp3) is 1.00. The zero-order valence-electron chi connectivity index (χ0n) is 6.56. The number of likely N-dealkylation sites (tertiary alicyclic amines) is 1. The van der Waals surface area contributed by atoms with Gasteiger partial charge in [-0.15, -0.1) is 0 Å². The summed E-state index contributed by atoms with van der Waals surface area (Å²) in [5, 5.41) is 8.84. The number of aliphatic hydroxyl groups is 1. The van der Waals surface area contributed by atoms with E-state index in [0.717, 1.165) is 6.42 Å². The van der Waals surface area contributed by atoms with Gasteiger partial charge >= 0.3 is 0 Å². The topological polar surface area (TPSA) is 23.5 Å².